The second-order valence-corrected chi connectivity index (χ2v) is 7.35. The third kappa shape index (κ3) is 2.30. The lowest BCUT2D eigenvalue weighted by Gasteiger charge is -2.33. The molecule has 1 aromatic carbocycles. The van der Waals surface area contributed by atoms with E-state index in [1.54, 1.807) is 25.0 Å². The summed E-state index contributed by atoms with van der Waals surface area (Å²) in [5.41, 5.74) is 0.782. The highest BCUT2D eigenvalue weighted by molar-refractivity contribution is 6.07. The number of amides is 2. The number of hydrogen-bond donors (Lipinski definition) is 0. The van der Waals surface area contributed by atoms with Crippen molar-refractivity contribution >= 4 is 17.8 Å². The van der Waals surface area contributed by atoms with Crippen molar-refractivity contribution in [3.63, 3.8) is 0 Å². The molecule has 7 heteroatoms. The van der Waals surface area contributed by atoms with Gasteiger partial charge in [-0.25, -0.2) is 9.69 Å². The molecule has 0 N–H and O–H groups in total. The van der Waals surface area contributed by atoms with Gasteiger partial charge in [-0.3, -0.25) is 9.59 Å². The van der Waals surface area contributed by atoms with Gasteiger partial charge in [-0.05, 0) is 25.8 Å². The standard InChI is InChI=1S/C18H20N2O5/c1-18(2)9-19(17(23)25-18)16(22)12-8-13-10-6-4-5-7-11(10)15(21)14(12)20(13)24-3/h4-7,12-14H,8-9H2,1-3H3/t12?,13-,14+/m0/s1. The fourth-order valence-electron chi connectivity index (χ4n) is 4.19. The number of benzene rings is 1. The van der Waals surface area contributed by atoms with Crippen LogP contribution in [0.5, 0.6) is 0 Å². The van der Waals surface area contributed by atoms with Gasteiger partial charge in [0.1, 0.15) is 11.6 Å². The van der Waals surface area contributed by atoms with E-state index in [0.717, 1.165) is 10.5 Å². The molecule has 1 unspecified atom stereocenters. The number of ether oxygens (including phenoxy) is 1. The normalized spacial score (nSPS) is 30.4. The molecule has 7 nitrogen and oxygen atoms in total. The molecule has 0 saturated carbocycles. The first-order valence-corrected chi connectivity index (χ1v) is 8.34. The Balaban J connectivity index is 1.69. The third-order valence-corrected chi connectivity index (χ3v) is 5.21. The zero-order valence-corrected chi connectivity index (χ0v) is 14.4. The molecule has 2 bridgehead atoms. The molecule has 0 spiro atoms. The second-order valence-electron chi connectivity index (χ2n) is 7.35. The van der Waals surface area contributed by atoms with Gasteiger partial charge < -0.3 is 9.57 Å². The average molecular weight is 344 g/mol. The second kappa shape index (κ2) is 5.37. The van der Waals surface area contributed by atoms with E-state index in [1.165, 1.54) is 7.11 Å². The maximum absolute atomic E-state index is 13.0. The Morgan fingerprint density at radius 2 is 2.00 bits per heavy atom. The molecule has 3 atom stereocenters. The van der Waals surface area contributed by atoms with Crippen LogP contribution in [0.1, 0.15) is 42.2 Å². The number of carbonyl (C=O) groups is 3. The minimum absolute atomic E-state index is 0.142. The topological polar surface area (TPSA) is 76.2 Å². The van der Waals surface area contributed by atoms with Gasteiger partial charge in [-0.15, -0.1) is 0 Å². The minimum atomic E-state index is -0.714. The highest BCUT2D eigenvalue weighted by Gasteiger charge is 2.56. The van der Waals surface area contributed by atoms with Crippen LogP contribution in [-0.2, 0) is 14.4 Å². The van der Waals surface area contributed by atoms with E-state index in [0.29, 0.717) is 12.0 Å². The lowest BCUT2D eigenvalue weighted by Crippen LogP contribution is -2.48. The third-order valence-electron chi connectivity index (χ3n) is 5.21. The van der Waals surface area contributed by atoms with E-state index >= 15 is 0 Å². The van der Waals surface area contributed by atoms with E-state index in [-0.39, 0.29) is 24.3 Å². The van der Waals surface area contributed by atoms with Crippen LogP contribution in [0.4, 0.5) is 4.79 Å². The quantitative estimate of drug-likeness (QED) is 0.816. The van der Waals surface area contributed by atoms with E-state index in [1.807, 2.05) is 18.2 Å². The summed E-state index contributed by atoms with van der Waals surface area (Å²) in [6.07, 6.45) is -0.213. The van der Waals surface area contributed by atoms with Crippen molar-refractivity contribution < 1.29 is 24.0 Å². The van der Waals surface area contributed by atoms with Gasteiger partial charge in [0.25, 0.3) is 0 Å². The molecule has 0 aromatic heterocycles. The Labute approximate surface area is 145 Å². The predicted octanol–water partition coefficient (Wildman–Crippen LogP) is 1.93. The largest absolute Gasteiger partial charge is 0.441 e. The van der Waals surface area contributed by atoms with Gasteiger partial charge in [-0.2, -0.15) is 5.06 Å². The zero-order valence-electron chi connectivity index (χ0n) is 14.4. The van der Waals surface area contributed by atoms with Crippen molar-refractivity contribution in [2.24, 2.45) is 5.92 Å². The lowest BCUT2D eigenvalue weighted by molar-refractivity contribution is -0.168. The van der Waals surface area contributed by atoms with Crippen molar-refractivity contribution in [3.05, 3.63) is 35.4 Å². The maximum Gasteiger partial charge on any atom is 0.417 e. The molecule has 132 valence electrons. The Bertz CT molecular complexity index is 774. The van der Waals surface area contributed by atoms with E-state index < -0.39 is 23.7 Å². The van der Waals surface area contributed by atoms with Crippen LogP contribution in [0.25, 0.3) is 0 Å². The number of Topliss-reactive ketones (excluding diaryl/α,β-unsaturated/α-hetero) is 1. The van der Waals surface area contributed by atoms with Crippen LogP contribution >= 0.6 is 0 Å². The van der Waals surface area contributed by atoms with E-state index in [4.69, 9.17) is 9.57 Å². The molecular formula is C18H20N2O5. The number of carbonyl (C=O) groups excluding carboxylic acids is 3. The minimum Gasteiger partial charge on any atom is -0.441 e. The highest BCUT2D eigenvalue weighted by Crippen LogP contribution is 2.47. The van der Waals surface area contributed by atoms with Crippen LogP contribution in [0.2, 0.25) is 0 Å². The summed E-state index contributed by atoms with van der Waals surface area (Å²) in [5.74, 6) is -1.14. The Morgan fingerprint density at radius 3 is 2.64 bits per heavy atom. The zero-order chi connectivity index (χ0) is 17.9. The molecule has 0 radical (unpaired) electrons. The van der Waals surface area contributed by atoms with Gasteiger partial charge in [0, 0.05) is 5.56 Å². The van der Waals surface area contributed by atoms with E-state index in [2.05, 4.69) is 0 Å². The summed E-state index contributed by atoms with van der Waals surface area (Å²) >= 11 is 0. The van der Waals surface area contributed by atoms with Crippen molar-refractivity contribution in [2.75, 3.05) is 13.7 Å². The molecule has 2 saturated heterocycles. The van der Waals surface area contributed by atoms with Crippen LogP contribution in [0, 0.1) is 5.92 Å². The number of imide groups is 1. The van der Waals surface area contributed by atoms with Gasteiger partial charge in [0.2, 0.25) is 5.91 Å². The summed E-state index contributed by atoms with van der Waals surface area (Å²) in [6, 6.07) is 6.47. The molecule has 25 heavy (non-hydrogen) atoms. The highest BCUT2D eigenvalue weighted by atomic mass is 16.7. The fourth-order valence-corrected chi connectivity index (χ4v) is 4.19. The van der Waals surface area contributed by atoms with Crippen LogP contribution in [0.15, 0.2) is 24.3 Å². The van der Waals surface area contributed by atoms with Gasteiger partial charge in [0.15, 0.2) is 5.78 Å². The molecule has 3 aliphatic heterocycles. The monoisotopic (exact) mass is 344 g/mol. The number of nitrogens with zero attached hydrogens (tertiary/aromatic N) is 2. The number of fused-ring (bicyclic) bond motifs is 4. The molecular weight excluding hydrogens is 324 g/mol. The summed E-state index contributed by atoms with van der Waals surface area (Å²) in [7, 11) is 1.50. The Hall–Kier alpha value is -2.25. The first-order chi connectivity index (χ1) is 11.8. The first kappa shape index (κ1) is 16.2. The van der Waals surface area contributed by atoms with Gasteiger partial charge in [0.05, 0.1) is 25.6 Å². The summed E-state index contributed by atoms with van der Waals surface area (Å²) in [4.78, 5) is 44.7. The van der Waals surface area contributed by atoms with Gasteiger partial charge >= 0.3 is 6.09 Å². The van der Waals surface area contributed by atoms with Crippen molar-refractivity contribution in [3.8, 4) is 0 Å². The molecule has 1 aromatic rings. The fraction of sp³-hybridized carbons (Fsp3) is 0.500. The van der Waals surface area contributed by atoms with Crippen LogP contribution in [0.3, 0.4) is 0 Å². The average Bonchev–Trinajstić information content (AvgIpc) is 3.05. The summed E-state index contributed by atoms with van der Waals surface area (Å²) in [5, 5.41) is 1.60. The number of ketones is 1. The summed E-state index contributed by atoms with van der Waals surface area (Å²) < 4.78 is 5.23. The lowest BCUT2D eigenvalue weighted by atomic mass is 9.92. The maximum atomic E-state index is 13.0. The smallest absolute Gasteiger partial charge is 0.417 e. The SMILES string of the molecule is CON1[C@H]2CC(C(=O)N3CC(C)(C)OC3=O)[C@@H]1C(=O)c1ccccc12. The van der Waals surface area contributed by atoms with Crippen molar-refractivity contribution in [2.45, 2.75) is 38.0 Å². The van der Waals surface area contributed by atoms with E-state index in [9.17, 15) is 14.4 Å². The molecule has 0 aliphatic carbocycles. The van der Waals surface area contributed by atoms with Gasteiger partial charge in [-0.1, -0.05) is 24.3 Å². The molecule has 2 fully saturated rings. The number of hydroxylamine groups is 2. The number of cyclic esters (lactones) is 1. The summed E-state index contributed by atoms with van der Waals surface area (Å²) in [6.45, 7) is 3.70. The van der Waals surface area contributed by atoms with Crippen molar-refractivity contribution in [1.29, 1.82) is 0 Å². The molecule has 4 rings (SSSR count). The molecule has 3 aliphatic rings. The molecule has 3 heterocycles. The van der Waals surface area contributed by atoms with Crippen molar-refractivity contribution in [1.82, 2.24) is 9.96 Å². The number of hydrogen-bond acceptors (Lipinski definition) is 6. The Morgan fingerprint density at radius 1 is 1.28 bits per heavy atom. The number of rotatable bonds is 2. The van der Waals surface area contributed by atoms with Crippen LogP contribution < -0.4 is 0 Å². The Kier molecular flexibility index (Phi) is 3.49. The predicted molar refractivity (Wildman–Crippen MR) is 86.5 cm³/mol. The molecule has 2 amide bonds. The van der Waals surface area contributed by atoms with Crippen LogP contribution in [-0.4, -0.2) is 53.0 Å². The first-order valence-electron chi connectivity index (χ1n) is 8.34.